The van der Waals surface area contributed by atoms with Crippen LogP contribution < -0.4 is 0 Å². The summed E-state index contributed by atoms with van der Waals surface area (Å²) in [4.78, 5) is 70.8. The Morgan fingerprint density at radius 2 is 0.346 bits per heavy atom. The van der Waals surface area contributed by atoms with Crippen molar-refractivity contribution in [2.45, 2.75) is 19.3 Å². The number of rotatable bonds is 12. The first-order valence-corrected chi connectivity index (χ1v) is 16.3. The molecule has 52 heavy (non-hydrogen) atoms. The van der Waals surface area contributed by atoms with Gasteiger partial charge in [-0.05, 0) is 0 Å². The van der Waals surface area contributed by atoms with Crippen LogP contribution in [0.15, 0.2) is 182 Å². The molecule has 0 unspecified atom stereocenters. The van der Waals surface area contributed by atoms with Crippen LogP contribution in [0.4, 0.5) is 0 Å². The Kier molecular flexibility index (Phi) is 18.0. The molecule has 0 N–H and O–H groups in total. The molecule has 0 saturated heterocycles. The monoisotopic (exact) mass is 825 g/mol. The zero-order chi connectivity index (χ0) is 36.3. The molecule has 0 heterocycles. The standard InChI is InChI=1S/3C15H12O2.Eu/c3*16-14(12-7-3-1-4-8-12)11-15(17)13-9-5-2-6-10-13;/h3*1-10H,11H2;. The van der Waals surface area contributed by atoms with Gasteiger partial charge in [0.25, 0.3) is 0 Å². The predicted octanol–water partition coefficient (Wildman–Crippen LogP) is 9.43. The molecule has 1 radical (unpaired) electrons. The fourth-order valence-corrected chi connectivity index (χ4v) is 4.79. The summed E-state index contributed by atoms with van der Waals surface area (Å²) in [5.41, 5.74) is 3.48. The van der Waals surface area contributed by atoms with Crippen LogP contribution in [0.1, 0.15) is 81.4 Å². The first-order chi connectivity index (χ1) is 24.8. The topological polar surface area (TPSA) is 102 Å². The van der Waals surface area contributed by atoms with Gasteiger partial charge in [-0.15, -0.1) is 0 Å². The van der Waals surface area contributed by atoms with Crippen molar-refractivity contribution >= 4 is 34.7 Å². The van der Waals surface area contributed by atoms with Gasteiger partial charge in [-0.25, -0.2) is 0 Å². The maximum Gasteiger partial charge on any atom is 0.170 e. The van der Waals surface area contributed by atoms with E-state index in [0.29, 0.717) is 33.4 Å². The van der Waals surface area contributed by atoms with E-state index in [0.717, 1.165) is 0 Å². The SMILES string of the molecule is O=C(CC(=O)c1ccccc1)c1ccccc1.O=C(CC(=O)c1ccccc1)c1ccccc1.O=C(CC(=O)c1ccccc1)c1ccccc1.[Eu]. The molecule has 0 atom stereocenters. The first kappa shape index (κ1) is 41.3. The van der Waals surface area contributed by atoms with E-state index >= 15 is 0 Å². The van der Waals surface area contributed by atoms with Crippen molar-refractivity contribution in [1.82, 2.24) is 0 Å². The predicted molar refractivity (Wildman–Crippen MR) is 198 cm³/mol. The normalized spacial score (nSPS) is 9.69. The van der Waals surface area contributed by atoms with Crippen LogP contribution in [0.3, 0.4) is 0 Å². The summed E-state index contributed by atoms with van der Waals surface area (Å²) in [7, 11) is 0. The van der Waals surface area contributed by atoms with Gasteiger partial charge in [-0.3, -0.25) is 28.8 Å². The molecule has 0 aliphatic heterocycles. The van der Waals surface area contributed by atoms with Crippen molar-refractivity contribution in [3.8, 4) is 0 Å². The van der Waals surface area contributed by atoms with Gasteiger partial charge in [0.15, 0.2) is 34.7 Å². The molecule has 0 bridgehead atoms. The summed E-state index contributed by atoms with van der Waals surface area (Å²) >= 11 is 0. The second-order valence-electron chi connectivity index (χ2n) is 11.3. The maximum absolute atomic E-state index is 11.8. The summed E-state index contributed by atoms with van der Waals surface area (Å²) in [5, 5.41) is 0. The Balaban J connectivity index is 0.000000208. The maximum atomic E-state index is 11.8. The van der Waals surface area contributed by atoms with Crippen molar-refractivity contribution in [2.75, 3.05) is 0 Å². The molecule has 6 aromatic rings. The molecular weight excluding hydrogens is 788 g/mol. The summed E-state index contributed by atoms with van der Waals surface area (Å²) in [6, 6.07) is 53.2. The third-order valence-corrected chi connectivity index (χ3v) is 7.54. The fourth-order valence-electron chi connectivity index (χ4n) is 4.79. The van der Waals surface area contributed by atoms with Crippen LogP contribution >= 0.6 is 0 Å². The number of hydrogen-bond donors (Lipinski definition) is 0. The third-order valence-electron chi connectivity index (χ3n) is 7.54. The van der Waals surface area contributed by atoms with E-state index in [9.17, 15) is 28.8 Å². The molecule has 0 aliphatic carbocycles. The van der Waals surface area contributed by atoms with Crippen molar-refractivity contribution in [2.24, 2.45) is 0 Å². The van der Waals surface area contributed by atoms with E-state index in [4.69, 9.17) is 0 Å². The van der Waals surface area contributed by atoms with Gasteiger partial charge in [0.2, 0.25) is 0 Å². The van der Waals surface area contributed by atoms with Gasteiger partial charge in [0.05, 0.1) is 19.3 Å². The van der Waals surface area contributed by atoms with Gasteiger partial charge in [-0.2, -0.15) is 0 Å². The van der Waals surface area contributed by atoms with Crippen LogP contribution in [0.5, 0.6) is 0 Å². The number of carbonyl (C=O) groups is 6. The van der Waals surface area contributed by atoms with Crippen molar-refractivity contribution in [3.63, 3.8) is 0 Å². The average Bonchev–Trinajstić information content (AvgIpc) is 3.20. The molecule has 0 aromatic heterocycles. The average molecular weight is 825 g/mol. The largest absolute Gasteiger partial charge is 0.294 e. The van der Waals surface area contributed by atoms with E-state index in [1.165, 1.54) is 0 Å². The van der Waals surface area contributed by atoms with E-state index < -0.39 is 0 Å². The quantitative estimate of drug-likeness (QED) is 0.0901. The van der Waals surface area contributed by atoms with E-state index in [2.05, 4.69) is 0 Å². The minimum atomic E-state index is -0.139. The summed E-state index contributed by atoms with van der Waals surface area (Å²) in [5.74, 6) is -0.836. The number of carbonyl (C=O) groups excluding carboxylic acids is 6. The van der Waals surface area contributed by atoms with Crippen LogP contribution in [-0.4, -0.2) is 34.7 Å². The molecule has 0 aliphatic rings. The molecule has 0 saturated carbocycles. The summed E-state index contributed by atoms with van der Waals surface area (Å²) < 4.78 is 0. The van der Waals surface area contributed by atoms with Crippen molar-refractivity contribution < 1.29 is 78.1 Å². The van der Waals surface area contributed by atoms with Gasteiger partial charge in [0, 0.05) is 82.8 Å². The molecule has 0 amide bonds. The first-order valence-electron chi connectivity index (χ1n) is 16.3. The van der Waals surface area contributed by atoms with Gasteiger partial charge in [-0.1, -0.05) is 182 Å². The minimum absolute atomic E-state index is 0. The van der Waals surface area contributed by atoms with Crippen LogP contribution in [-0.2, 0) is 0 Å². The molecule has 0 spiro atoms. The molecule has 7 heteroatoms. The molecule has 6 aromatic carbocycles. The van der Waals surface area contributed by atoms with Crippen LogP contribution in [0.2, 0.25) is 0 Å². The molecular formula is C45H36EuO6. The third kappa shape index (κ3) is 13.9. The van der Waals surface area contributed by atoms with Crippen LogP contribution in [0.25, 0.3) is 0 Å². The Labute approximate surface area is 344 Å². The summed E-state index contributed by atoms with van der Waals surface area (Å²) in [6.45, 7) is 0. The minimum Gasteiger partial charge on any atom is -0.294 e. The van der Waals surface area contributed by atoms with E-state index in [1.807, 2.05) is 36.4 Å². The zero-order valence-electron chi connectivity index (χ0n) is 28.3. The molecule has 6 rings (SSSR count). The number of Topliss-reactive ketones (excluding diaryl/α,β-unsaturated/α-hetero) is 6. The Bertz CT molecular complexity index is 1640. The van der Waals surface area contributed by atoms with E-state index in [-0.39, 0.29) is 103 Å². The number of ketones is 6. The van der Waals surface area contributed by atoms with Crippen molar-refractivity contribution in [3.05, 3.63) is 215 Å². The number of hydrogen-bond acceptors (Lipinski definition) is 6. The second kappa shape index (κ2) is 22.7. The van der Waals surface area contributed by atoms with Crippen molar-refractivity contribution in [1.29, 1.82) is 0 Å². The van der Waals surface area contributed by atoms with E-state index in [1.54, 1.807) is 146 Å². The Hall–Kier alpha value is -5.08. The Morgan fingerprint density at radius 1 is 0.231 bits per heavy atom. The van der Waals surface area contributed by atoms with Gasteiger partial charge >= 0.3 is 0 Å². The Morgan fingerprint density at radius 3 is 0.462 bits per heavy atom. The summed E-state index contributed by atoms with van der Waals surface area (Å²) in [6.07, 6.45) is -0.226. The second-order valence-corrected chi connectivity index (χ2v) is 11.3. The zero-order valence-corrected chi connectivity index (χ0v) is 30.7. The molecule has 0 fully saturated rings. The number of benzene rings is 6. The van der Waals surface area contributed by atoms with Crippen LogP contribution in [0, 0.1) is 49.4 Å². The fraction of sp³-hybridized carbons (Fsp3) is 0.0667. The molecule has 6 nitrogen and oxygen atoms in total. The van der Waals surface area contributed by atoms with Gasteiger partial charge < -0.3 is 0 Å². The molecule has 259 valence electrons. The smallest absolute Gasteiger partial charge is 0.170 e. The van der Waals surface area contributed by atoms with Gasteiger partial charge in [0.1, 0.15) is 0 Å².